The molecule has 0 radical (unpaired) electrons. The minimum Gasteiger partial charge on any atom is -0.493 e. The summed E-state index contributed by atoms with van der Waals surface area (Å²) in [5.41, 5.74) is 6.50. The maximum absolute atomic E-state index is 13.6. The summed E-state index contributed by atoms with van der Waals surface area (Å²) in [6.45, 7) is 2.53. The second-order valence-corrected chi connectivity index (χ2v) is 11.1. The first-order chi connectivity index (χ1) is 21.3. The average Bonchev–Trinajstić information content (AvgIpc) is 3.24. The minimum absolute atomic E-state index is 0.0282. The number of hydrogen-bond donors (Lipinski definition) is 3. The van der Waals surface area contributed by atoms with Crippen LogP contribution in [-0.4, -0.2) is 56.1 Å². The average molecular weight is 597 g/mol. The van der Waals surface area contributed by atoms with Crippen molar-refractivity contribution >= 4 is 28.4 Å². The maximum atomic E-state index is 13.6. The van der Waals surface area contributed by atoms with Gasteiger partial charge in [-0.05, 0) is 65.8 Å². The number of carbonyl (C=O) groups is 2. The molecule has 0 spiro atoms. The number of hydrogen-bond acceptors (Lipinski definition) is 7. The Morgan fingerprint density at radius 1 is 1.00 bits per heavy atom. The number of amides is 2. The molecule has 228 valence electrons. The van der Waals surface area contributed by atoms with Gasteiger partial charge in [0.2, 0.25) is 23.0 Å². The van der Waals surface area contributed by atoms with Gasteiger partial charge in [-0.3, -0.25) is 14.4 Å². The predicted molar refractivity (Wildman–Crippen MR) is 169 cm³/mol. The van der Waals surface area contributed by atoms with Crippen molar-refractivity contribution in [1.82, 2.24) is 15.2 Å². The highest BCUT2D eigenvalue weighted by Crippen LogP contribution is 2.50. The second kappa shape index (κ2) is 11.9. The topological polar surface area (TPSA) is 122 Å². The fourth-order valence-corrected chi connectivity index (χ4v) is 6.54. The number of nitrogens with zero attached hydrogens (tertiary/aromatic N) is 1. The largest absolute Gasteiger partial charge is 0.493 e. The van der Waals surface area contributed by atoms with E-state index in [1.807, 2.05) is 30.3 Å². The van der Waals surface area contributed by atoms with Crippen LogP contribution in [0.2, 0.25) is 0 Å². The molecule has 0 bridgehead atoms. The number of aryl methyl sites for hydroxylation is 1. The molecule has 2 heterocycles. The third kappa shape index (κ3) is 5.21. The Morgan fingerprint density at radius 2 is 1.80 bits per heavy atom. The summed E-state index contributed by atoms with van der Waals surface area (Å²) in [5, 5.41) is 7.31. The van der Waals surface area contributed by atoms with Gasteiger partial charge in [-0.2, -0.15) is 0 Å². The molecule has 1 aliphatic carbocycles. The molecule has 3 aromatic carbocycles. The fourth-order valence-electron chi connectivity index (χ4n) is 6.54. The second-order valence-electron chi connectivity index (χ2n) is 11.1. The van der Waals surface area contributed by atoms with Crippen LogP contribution < -0.4 is 30.3 Å². The van der Waals surface area contributed by atoms with E-state index in [9.17, 15) is 14.4 Å². The van der Waals surface area contributed by atoms with Gasteiger partial charge in [-0.15, -0.1) is 0 Å². The molecule has 3 N–H and O–H groups in total. The zero-order chi connectivity index (χ0) is 31.0. The van der Waals surface area contributed by atoms with Crippen LogP contribution in [0.1, 0.15) is 41.8 Å². The Kier molecular flexibility index (Phi) is 7.90. The zero-order valence-corrected chi connectivity index (χ0v) is 25.3. The van der Waals surface area contributed by atoms with E-state index >= 15 is 0 Å². The van der Waals surface area contributed by atoms with Gasteiger partial charge in [0.25, 0.3) is 0 Å². The first-order valence-corrected chi connectivity index (χ1v) is 14.7. The lowest BCUT2D eigenvalue weighted by Crippen LogP contribution is -2.39. The van der Waals surface area contributed by atoms with E-state index in [-0.39, 0.29) is 29.5 Å². The standard InChI is InChI=1S/C34H36N4O6/c1-19(39)36-26-11-9-20-15-30(42-2)33(43-3)34(44-4)32(20)23-10-12-27(29(40)16-24(23)26)35-17-31(41)38-14-13-22-21-7-5-6-8-25(21)37-28(22)18-38/h5-8,10,12,15-16,26,37H,9,11,13-14,17-18H2,1-4H3,(H,35,40)(H,36,39)/t26-/m0/s1. The summed E-state index contributed by atoms with van der Waals surface area (Å²) in [6, 6.07) is 14.8. The summed E-state index contributed by atoms with van der Waals surface area (Å²) in [5.74, 6) is 1.16. The van der Waals surface area contributed by atoms with E-state index in [0.717, 1.165) is 34.3 Å². The van der Waals surface area contributed by atoms with Crippen LogP contribution in [0, 0.1) is 0 Å². The molecular formula is C34H36N4O6. The van der Waals surface area contributed by atoms with E-state index in [1.54, 1.807) is 38.4 Å². The van der Waals surface area contributed by atoms with Crippen molar-refractivity contribution in [2.45, 2.75) is 38.8 Å². The summed E-state index contributed by atoms with van der Waals surface area (Å²) in [4.78, 5) is 44.4. The molecule has 6 rings (SSSR count). The quantitative estimate of drug-likeness (QED) is 0.290. The van der Waals surface area contributed by atoms with Crippen molar-refractivity contribution in [3.63, 3.8) is 0 Å². The molecule has 2 aliphatic rings. The van der Waals surface area contributed by atoms with E-state index in [2.05, 4.69) is 21.7 Å². The van der Waals surface area contributed by atoms with Gasteiger partial charge < -0.3 is 34.7 Å². The summed E-state index contributed by atoms with van der Waals surface area (Å²) >= 11 is 0. The van der Waals surface area contributed by atoms with Gasteiger partial charge in [0.05, 0.1) is 46.1 Å². The van der Waals surface area contributed by atoms with Crippen LogP contribution in [0.15, 0.2) is 53.3 Å². The number of H-pyrrole nitrogens is 1. The molecule has 10 heteroatoms. The molecule has 44 heavy (non-hydrogen) atoms. The number of carbonyl (C=O) groups excluding carboxylic acids is 2. The molecule has 2 amide bonds. The minimum atomic E-state index is -0.412. The Labute approximate surface area is 255 Å². The number of fused-ring (bicyclic) bond motifs is 6. The molecular weight excluding hydrogens is 560 g/mol. The summed E-state index contributed by atoms with van der Waals surface area (Å²) in [7, 11) is 4.68. The van der Waals surface area contributed by atoms with Gasteiger partial charge in [0.15, 0.2) is 11.5 Å². The highest BCUT2D eigenvalue weighted by molar-refractivity contribution is 5.87. The first-order valence-electron chi connectivity index (χ1n) is 14.7. The molecule has 0 fully saturated rings. The highest BCUT2D eigenvalue weighted by atomic mass is 16.5. The zero-order valence-electron chi connectivity index (χ0n) is 25.3. The third-order valence-electron chi connectivity index (χ3n) is 8.58. The van der Waals surface area contributed by atoms with Crippen LogP contribution in [0.25, 0.3) is 22.0 Å². The van der Waals surface area contributed by atoms with Crippen molar-refractivity contribution < 1.29 is 23.8 Å². The Bertz CT molecular complexity index is 1830. The maximum Gasteiger partial charge on any atom is 0.242 e. The molecule has 10 nitrogen and oxygen atoms in total. The van der Waals surface area contributed by atoms with Crippen molar-refractivity contribution in [2.75, 3.05) is 39.7 Å². The van der Waals surface area contributed by atoms with E-state index in [1.165, 1.54) is 17.9 Å². The molecule has 1 aromatic heterocycles. The molecule has 0 unspecified atom stereocenters. The van der Waals surface area contributed by atoms with Gasteiger partial charge in [0.1, 0.15) is 0 Å². The normalized spacial score (nSPS) is 15.4. The van der Waals surface area contributed by atoms with Gasteiger partial charge in [-0.1, -0.05) is 24.3 Å². The van der Waals surface area contributed by atoms with Crippen LogP contribution in [-0.2, 0) is 29.0 Å². The molecule has 0 saturated heterocycles. The monoisotopic (exact) mass is 596 g/mol. The van der Waals surface area contributed by atoms with Crippen molar-refractivity contribution in [1.29, 1.82) is 0 Å². The van der Waals surface area contributed by atoms with Crippen LogP contribution in [0.5, 0.6) is 17.2 Å². The number of rotatable bonds is 7. The van der Waals surface area contributed by atoms with Crippen molar-refractivity contribution in [2.24, 2.45) is 0 Å². The van der Waals surface area contributed by atoms with E-state index < -0.39 is 6.04 Å². The number of ether oxygens (including phenoxy) is 3. The van der Waals surface area contributed by atoms with Gasteiger partial charge >= 0.3 is 0 Å². The lowest BCUT2D eigenvalue weighted by atomic mass is 9.95. The number of para-hydroxylation sites is 1. The smallest absolute Gasteiger partial charge is 0.242 e. The number of benzene rings is 2. The molecule has 1 atom stereocenters. The predicted octanol–water partition coefficient (Wildman–Crippen LogP) is 4.34. The van der Waals surface area contributed by atoms with Crippen molar-refractivity contribution in [3.8, 4) is 28.4 Å². The van der Waals surface area contributed by atoms with Crippen molar-refractivity contribution in [3.05, 3.63) is 81.1 Å². The number of nitrogens with one attached hydrogen (secondary N) is 3. The Morgan fingerprint density at radius 3 is 2.55 bits per heavy atom. The Hall–Kier alpha value is -4.99. The number of aromatic amines is 1. The van der Waals surface area contributed by atoms with Crippen LogP contribution in [0.4, 0.5) is 5.69 Å². The lowest BCUT2D eigenvalue weighted by molar-refractivity contribution is -0.130. The first kappa shape index (κ1) is 29.1. The molecule has 0 saturated carbocycles. The van der Waals surface area contributed by atoms with Crippen LogP contribution >= 0.6 is 0 Å². The third-order valence-corrected chi connectivity index (χ3v) is 8.58. The molecule has 4 aromatic rings. The van der Waals surface area contributed by atoms with E-state index in [4.69, 9.17) is 14.2 Å². The number of anilines is 1. The summed E-state index contributed by atoms with van der Waals surface area (Å²) < 4.78 is 17.1. The molecule has 1 aliphatic heterocycles. The number of aromatic nitrogens is 1. The highest BCUT2D eigenvalue weighted by Gasteiger charge is 2.30. The van der Waals surface area contributed by atoms with Crippen LogP contribution in [0.3, 0.4) is 0 Å². The fraction of sp³-hybridized carbons (Fsp3) is 0.324. The van der Waals surface area contributed by atoms with Gasteiger partial charge in [-0.25, -0.2) is 0 Å². The SMILES string of the molecule is COc1cc2c(c(OC)c1OC)-c1ccc(NCC(=O)N3CCc4c([nH]c5ccccc45)C3)c(=O)cc1[C@@H](NC(C)=O)CC2. The lowest BCUT2D eigenvalue weighted by Gasteiger charge is -2.27. The number of methoxy groups -OCH3 is 3. The van der Waals surface area contributed by atoms with Gasteiger partial charge in [0, 0.05) is 35.6 Å². The summed E-state index contributed by atoms with van der Waals surface area (Å²) in [6.07, 6.45) is 1.94. The van der Waals surface area contributed by atoms with E-state index in [0.29, 0.717) is 48.7 Å². The Balaban J connectivity index is 1.33.